The first-order valence-electron chi connectivity index (χ1n) is 10.9. The van der Waals surface area contributed by atoms with E-state index in [0.717, 1.165) is 56.2 Å². The van der Waals surface area contributed by atoms with Gasteiger partial charge in [0.05, 0.1) is 18.8 Å². The largest absolute Gasteiger partial charge is 0.492 e. The summed E-state index contributed by atoms with van der Waals surface area (Å²) < 4.78 is 11.6. The van der Waals surface area contributed by atoms with Gasteiger partial charge in [0.1, 0.15) is 17.6 Å². The van der Waals surface area contributed by atoms with Crippen molar-refractivity contribution < 1.29 is 14.3 Å². The lowest BCUT2D eigenvalue weighted by Crippen LogP contribution is -2.48. The molecule has 0 saturated carbocycles. The molecule has 1 unspecified atom stereocenters. The molecule has 0 aliphatic carbocycles. The summed E-state index contributed by atoms with van der Waals surface area (Å²) in [4.78, 5) is 17.4. The number of carbonyl (C=O) groups is 1. The Hall–Kier alpha value is -2.57. The van der Waals surface area contributed by atoms with Crippen LogP contribution in [0.2, 0.25) is 0 Å². The van der Waals surface area contributed by atoms with Gasteiger partial charge >= 0.3 is 0 Å². The molecule has 2 aliphatic rings. The molecular formula is C24H31N3O3. The number of nitrogens with one attached hydrogen (secondary N) is 1. The lowest BCUT2D eigenvalue weighted by atomic mass is 10.1. The summed E-state index contributed by atoms with van der Waals surface area (Å²) in [5, 5.41) is 3.04. The number of piperazine rings is 1. The van der Waals surface area contributed by atoms with Crippen LogP contribution in [0.4, 0.5) is 5.69 Å². The molecule has 1 atom stereocenters. The number of anilines is 1. The monoisotopic (exact) mass is 409 g/mol. The average Bonchev–Trinajstić information content (AvgIpc) is 3.09. The highest BCUT2D eigenvalue weighted by molar-refractivity contribution is 5.94. The Morgan fingerprint density at radius 3 is 2.60 bits per heavy atom. The van der Waals surface area contributed by atoms with E-state index >= 15 is 0 Å². The molecule has 0 aromatic heterocycles. The minimum atomic E-state index is -0.0153. The Morgan fingerprint density at radius 2 is 1.87 bits per heavy atom. The highest BCUT2D eigenvalue weighted by Crippen LogP contribution is 2.38. The summed E-state index contributed by atoms with van der Waals surface area (Å²) in [5.74, 6) is 1.55. The maximum Gasteiger partial charge on any atom is 0.238 e. The van der Waals surface area contributed by atoms with Crippen LogP contribution in [0.1, 0.15) is 25.0 Å². The minimum Gasteiger partial charge on any atom is -0.492 e. The van der Waals surface area contributed by atoms with Gasteiger partial charge in [0.2, 0.25) is 5.91 Å². The van der Waals surface area contributed by atoms with Gasteiger partial charge in [-0.3, -0.25) is 14.6 Å². The summed E-state index contributed by atoms with van der Waals surface area (Å²) >= 11 is 0. The first-order chi connectivity index (χ1) is 14.6. The van der Waals surface area contributed by atoms with Gasteiger partial charge in [0, 0.05) is 50.8 Å². The summed E-state index contributed by atoms with van der Waals surface area (Å²) in [6.07, 6.45) is 1.03. The maximum atomic E-state index is 12.7. The zero-order chi connectivity index (χ0) is 20.9. The van der Waals surface area contributed by atoms with Gasteiger partial charge in [-0.2, -0.15) is 0 Å². The van der Waals surface area contributed by atoms with Crippen molar-refractivity contribution in [3.8, 4) is 11.5 Å². The Morgan fingerprint density at radius 1 is 1.13 bits per heavy atom. The quantitative estimate of drug-likeness (QED) is 0.761. The van der Waals surface area contributed by atoms with Crippen molar-refractivity contribution in [1.29, 1.82) is 0 Å². The minimum absolute atomic E-state index is 0.0153. The van der Waals surface area contributed by atoms with Crippen molar-refractivity contribution in [2.45, 2.75) is 32.9 Å². The molecule has 6 heteroatoms. The third-order valence-electron chi connectivity index (χ3n) is 5.65. The molecule has 4 rings (SSSR count). The Kier molecular flexibility index (Phi) is 6.55. The Labute approximate surface area is 178 Å². The van der Waals surface area contributed by atoms with Crippen LogP contribution in [0.15, 0.2) is 42.5 Å². The lowest BCUT2D eigenvalue weighted by Gasteiger charge is -2.34. The fourth-order valence-electron chi connectivity index (χ4n) is 4.15. The van der Waals surface area contributed by atoms with Crippen LogP contribution >= 0.6 is 0 Å². The van der Waals surface area contributed by atoms with E-state index in [4.69, 9.17) is 9.47 Å². The molecule has 1 amide bonds. The van der Waals surface area contributed by atoms with Crippen LogP contribution in [-0.2, 0) is 17.8 Å². The topological polar surface area (TPSA) is 54.0 Å². The Balaban J connectivity index is 1.30. The van der Waals surface area contributed by atoms with Gasteiger partial charge in [-0.1, -0.05) is 30.3 Å². The molecule has 1 fully saturated rings. The summed E-state index contributed by atoms with van der Waals surface area (Å²) in [5.41, 5.74) is 3.16. The first kappa shape index (κ1) is 20.7. The summed E-state index contributed by atoms with van der Waals surface area (Å²) in [7, 11) is 0. The van der Waals surface area contributed by atoms with Crippen LogP contribution in [0.5, 0.6) is 11.5 Å². The van der Waals surface area contributed by atoms with E-state index in [9.17, 15) is 4.79 Å². The second kappa shape index (κ2) is 9.49. The molecule has 30 heavy (non-hydrogen) atoms. The van der Waals surface area contributed by atoms with Gasteiger partial charge in [0.25, 0.3) is 0 Å². The number of ether oxygens (including phenoxy) is 2. The van der Waals surface area contributed by atoms with Crippen molar-refractivity contribution in [2.75, 3.05) is 44.6 Å². The van der Waals surface area contributed by atoms with Crippen molar-refractivity contribution in [1.82, 2.24) is 9.80 Å². The smallest absolute Gasteiger partial charge is 0.238 e. The highest BCUT2D eigenvalue weighted by atomic mass is 16.5. The normalized spacial score (nSPS) is 19.2. The van der Waals surface area contributed by atoms with Crippen molar-refractivity contribution >= 4 is 11.6 Å². The molecule has 0 radical (unpaired) electrons. The number of rotatable bonds is 7. The fourth-order valence-corrected chi connectivity index (χ4v) is 4.15. The Bertz CT molecular complexity index is 863. The van der Waals surface area contributed by atoms with Crippen LogP contribution in [0, 0.1) is 0 Å². The zero-order valence-electron chi connectivity index (χ0n) is 17.9. The molecule has 0 spiro atoms. The van der Waals surface area contributed by atoms with E-state index in [1.54, 1.807) is 0 Å². The standard InChI is InChI=1S/C24H31N3O3/c1-3-29-23-14-20-13-18(2)30-22(20)15-21(23)25-24(28)17-27-11-9-26(10-12-27)16-19-7-5-4-6-8-19/h4-8,14-15,18H,3,9-13,16-17H2,1-2H3,(H,25,28). The third kappa shape index (κ3) is 5.12. The number of benzene rings is 2. The van der Waals surface area contributed by atoms with E-state index in [1.165, 1.54) is 5.56 Å². The maximum absolute atomic E-state index is 12.7. The third-order valence-corrected chi connectivity index (χ3v) is 5.65. The number of nitrogens with zero attached hydrogens (tertiary/aromatic N) is 2. The van der Waals surface area contributed by atoms with E-state index in [1.807, 2.05) is 25.1 Å². The second-order valence-corrected chi connectivity index (χ2v) is 8.11. The molecule has 2 aromatic carbocycles. The van der Waals surface area contributed by atoms with E-state index in [-0.39, 0.29) is 12.0 Å². The lowest BCUT2D eigenvalue weighted by molar-refractivity contribution is -0.117. The van der Waals surface area contributed by atoms with E-state index < -0.39 is 0 Å². The molecule has 1 saturated heterocycles. The van der Waals surface area contributed by atoms with Gasteiger partial charge in [0.15, 0.2) is 0 Å². The van der Waals surface area contributed by atoms with Crippen molar-refractivity contribution in [3.05, 3.63) is 53.6 Å². The average molecular weight is 410 g/mol. The second-order valence-electron chi connectivity index (χ2n) is 8.11. The molecule has 2 heterocycles. The molecule has 6 nitrogen and oxygen atoms in total. The first-order valence-corrected chi connectivity index (χ1v) is 10.9. The van der Waals surface area contributed by atoms with E-state index in [0.29, 0.717) is 18.8 Å². The predicted octanol–water partition coefficient (Wildman–Crippen LogP) is 3.17. The van der Waals surface area contributed by atoms with Gasteiger partial charge in [-0.25, -0.2) is 0 Å². The van der Waals surface area contributed by atoms with Crippen LogP contribution < -0.4 is 14.8 Å². The number of fused-ring (bicyclic) bond motifs is 1. The molecule has 0 bridgehead atoms. The van der Waals surface area contributed by atoms with E-state index in [2.05, 4.69) is 46.3 Å². The van der Waals surface area contributed by atoms with Gasteiger partial charge in [-0.05, 0) is 25.5 Å². The highest BCUT2D eigenvalue weighted by Gasteiger charge is 2.24. The zero-order valence-corrected chi connectivity index (χ0v) is 17.9. The SMILES string of the molecule is CCOc1cc2c(cc1NC(=O)CN1CCN(Cc3ccccc3)CC1)OC(C)C2. The van der Waals surface area contributed by atoms with Gasteiger partial charge < -0.3 is 14.8 Å². The number of hydrogen-bond acceptors (Lipinski definition) is 5. The number of hydrogen-bond donors (Lipinski definition) is 1. The summed E-state index contributed by atoms with van der Waals surface area (Å²) in [6, 6.07) is 14.4. The summed E-state index contributed by atoms with van der Waals surface area (Å²) in [6.45, 7) is 9.64. The van der Waals surface area contributed by atoms with Crippen LogP contribution in [-0.4, -0.2) is 61.1 Å². The van der Waals surface area contributed by atoms with Crippen molar-refractivity contribution in [3.63, 3.8) is 0 Å². The predicted molar refractivity (Wildman–Crippen MR) is 118 cm³/mol. The fraction of sp³-hybridized carbons (Fsp3) is 0.458. The number of carbonyl (C=O) groups excluding carboxylic acids is 1. The molecule has 1 N–H and O–H groups in total. The van der Waals surface area contributed by atoms with Crippen molar-refractivity contribution in [2.24, 2.45) is 0 Å². The van der Waals surface area contributed by atoms with Crippen LogP contribution in [0.3, 0.4) is 0 Å². The molecule has 2 aliphatic heterocycles. The number of amides is 1. The molecule has 160 valence electrons. The van der Waals surface area contributed by atoms with Gasteiger partial charge in [-0.15, -0.1) is 0 Å². The molecular weight excluding hydrogens is 378 g/mol. The molecule has 2 aromatic rings. The van der Waals surface area contributed by atoms with Crippen LogP contribution in [0.25, 0.3) is 0 Å².